The van der Waals surface area contributed by atoms with E-state index in [1.165, 1.54) is 0 Å². The van der Waals surface area contributed by atoms with E-state index in [4.69, 9.17) is 5.73 Å². The van der Waals surface area contributed by atoms with Crippen molar-refractivity contribution in [3.8, 4) is 0 Å². The van der Waals surface area contributed by atoms with Crippen LogP contribution in [0.2, 0.25) is 0 Å². The third kappa shape index (κ3) is 3.19. The molecule has 1 saturated heterocycles. The van der Waals surface area contributed by atoms with Gasteiger partial charge in [0.25, 0.3) is 0 Å². The smallest absolute Gasteiger partial charge is 0.242 e. The highest BCUT2D eigenvalue weighted by molar-refractivity contribution is 5.82. The lowest BCUT2D eigenvalue weighted by molar-refractivity contribution is -0.136. The van der Waals surface area contributed by atoms with Gasteiger partial charge in [-0.3, -0.25) is 4.79 Å². The largest absolute Gasteiger partial charge is 0.391 e. The molecule has 0 bridgehead atoms. The summed E-state index contributed by atoms with van der Waals surface area (Å²) in [6.45, 7) is 7.57. The van der Waals surface area contributed by atoms with Crippen LogP contribution in [0.4, 0.5) is 0 Å². The average Bonchev–Trinajstić information content (AvgIpc) is 2.27. The Balaban J connectivity index is 2.45. The number of carbonyl (C=O) groups is 1. The molecule has 1 aliphatic rings. The van der Waals surface area contributed by atoms with Gasteiger partial charge in [0.1, 0.15) is 6.04 Å². The molecular formula is C12H24N2O2. The van der Waals surface area contributed by atoms with Crippen molar-refractivity contribution in [2.45, 2.75) is 45.8 Å². The number of hydrogen-bond acceptors (Lipinski definition) is 3. The summed E-state index contributed by atoms with van der Waals surface area (Å²) in [6.07, 6.45) is 1.33. The van der Waals surface area contributed by atoms with Gasteiger partial charge in [0.2, 0.25) is 5.91 Å². The van der Waals surface area contributed by atoms with Crippen LogP contribution in [0.5, 0.6) is 0 Å². The molecule has 1 aliphatic heterocycles. The zero-order chi connectivity index (χ0) is 12.3. The third-order valence-electron chi connectivity index (χ3n) is 3.60. The molecule has 1 rings (SSSR count). The van der Waals surface area contributed by atoms with E-state index >= 15 is 0 Å². The highest BCUT2D eigenvalue weighted by atomic mass is 16.3. The minimum Gasteiger partial charge on any atom is -0.391 e. The SMILES string of the molecule is CC(C)C1CCN(C(=O)C(N)[C@H](C)O)CC1. The van der Waals surface area contributed by atoms with Crippen LogP contribution in [0.1, 0.15) is 33.6 Å². The molecule has 1 amide bonds. The van der Waals surface area contributed by atoms with Crippen molar-refractivity contribution in [1.29, 1.82) is 0 Å². The van der Waals surface area contributed by atoms with Crippen LogP contribution in [-0.4, -0.2) is 41.1 Å². The summed E-state index contributed by atoms with van der Waals surface area (Å²) in [5.41, 5.74) is 5.64. The number of carbonyl (C=O) groups excluding carboxylic acids is 1. The van der Waals surface area contributed by atoms with Crippen LogP contribution in [0.3, 0.4) is 0 Å². The zero-order valence-electron chi connectivity index (χ0n) is 10.5. The van der Waals surface area contributed by atoms with Crippen molar-refractivity contribution in [3.63, 3.8) is 0 Å². The van der Waals surface area contributed by atoms with E-state index in [0.717, 1.165) is 25.9 Å². The van der Waals surface area contributed by atoms with Crippen LogP contribution < -0.4 is 5.73 Å². The summed E-state index contributed by atoms with van der Waals surface area (Å²) in [7, 11) is 0. The number of rotatable bonds is 3. The predicted octanol–water partition coefficient (Wildman–Crippen LogP) is 0.589. The summed E-state index contributed by atoms with van der Waals surface area (Å²) in [6, 6.07) is -0.768. The van der Waals surface area contributed by atoms with Crippen molar-refractivity contribution in [2.75, 3.05) is 13.1 Å². The van der Waals surface area contributed by atoms with Crippen LogP contribution >= 0.6 is 0 Å². The van der Waals surface area contributed by atoms with Crippen molar-refractivity contribution < 1.29 is 9.90 Å². The fraction of sp³-hybridized carbons (Fsp3) is 0.917. The van der Waals surface area contributed by atoms with Gasteiger partial charge in [0, 0.05) is 13.1 Å². The number of amides is 1. The second-order valence-corrected chi connectivity index (χ2v) is 5.17. The summed E-state index contributed by atoms with van der Waals surface area (Å²) in [5.74, 6) is 1.28. The van der Waals surface area contributed by atoms with Crippen molar-refractivity contribution >= 4 is 5.91 Å². The van der Waals surface area contributed by atoms with Crippen LogP contribution in [0.25, 0.3) is 0 Å². The van der Waals surface area contributed by atoms with Gasteiger partial charge in [0.05, 0.1) is 6.10 Å². The number of aliphatic hydroxyl groups excluding tert-OH is 1. The first kappa shape index (κ1) is 13.5. The monoisotopic (exact) mass is 228 g/mol. The number of piperidine rings is 1. The maximum absolute atomic E-state index is 11.9. The van der Waals surface area contributed by atoms with Gasteiger partial charge >= 0.3 is 0 Å². The van der Waals surface area contributed by atoms with Gasteiger partial charge in [-0.1, -0.05) is 13.8 Å². The first-order valence-corrected chi connectivity index (χ1v) is 6.16. The normalized spacial score (nSPS) is 22.2. The van der Waals surface area contributed by atoms with Gasteiger partial charge in [-0.05, 0) is 31.6 Å². The minimum absolute atomic E-state index is 0.114. The Kier molecular flexibility index (Phi) is 4.74. The molecule has 1 heterocycles. The topological polar surface area (TPSA) is 66.6 Å². The van der Waals surface area contributed by atoms with Crippen LogP contribution in [-0.2, 0) is 4.79 Å². The second-order valence-electron chi connectivity index (χ2n) is 5.17. The molecular weight excluding hydrogens is 204 g/mol. The van der Waals surface area contributed by atoms with Gasteiger partial charge in [-0.15, -0.1) is 0 Å². The highest BCUT2D eigenvalue weighted by Crippen LogP contribution is 2.24. The number of aliphatic hydroxyl groups is 1. The van der Waals surface area contributed by atoms with Crippen molar-refractivity contribution in [2.24, 2.45) is 17.6 Å². The second kappa shape index (κ2) is 5.64. The molecule has 3 N–H and O–H groups in total. The van der Waals surface area contributed by atoms with E-state index in [9.17, 15) is 9.90 Å². The molecule has 4 nitrogen and oxygen atoms in total. The van der Waals surface area contributed by atoms with Gasteiger partial charge in [-0.25, -0.2) is 0 Å². The highest BCUT2D eigenvalue weighted by Gasteiger charge is 2.29. The quantitative estimate of drug-likeness (QED) is 0.743. The van der Waals surface area contributed by atoms with E-state index in [2.05, 4.69) is 13.8 Å². The number of nitrogens with two attached hydrogens (primary N) is 1. The fourth-order valence-corrected chi connectivity index (χ4v) is 2.20. The lowest BCUT2D eigenvalue weighted by atomic mass is 9.86. The lowest BCUT2D eigenvalue weighted by Gasteiger charge is -2.35. The minimum atomic E-state index is -0.768. The van der Waals surface area contributed by atoms with Crippen LogP contribution in [0.15, 0.2) is 0 Å². The number of likely N-dealkylation sites (tertiary alicyclic amines) is 1. The van der Waals surface area contributed by atoms with E-state index in [1.807, 2.05) is 0 Å². The summed E-state index contributed by atoms with van der Waals surface area (Å²) in [4.78, 5) is 13.6. The van der Waals surface area contributed by atoms with Gasteiger partial charge in [-0.2, -0.15) is 0 Å². The summed E-state index contributed by atoms with van der Waals surface area (Å²) >= 11 is 0. The first-order chi connectivity index (χ1) is 7.43. The maximum Gasteiger partial charge on any atom is 0.242 e. The third-order valence-corrected chi connectivity index (χ3v) is 3.60. The molecule has 94 valence electrons. The van der Waals surface area contributed by atoms with E-state index in [-0.39, 0.29) is 5.91 Å². The Bertz CT molecular complexity index is 233. The summed E-state index contributed by atoms with van der Waals surface area (Å²) in [5, 5.41) is 9.29. The molecule has 0 aliphatic carbocycles. The van der Waals surface area contributed by atoms with Crippen LogP contribution in [0, 0.1) is 11.8 Å². The Hall–Kier alpha value is -0.610. The van der Waals surface area contributed by atoms with E-state index < -0.39 is 12.1 Å². The first-order valence-electron chi connectivity index (χ1n) is 6.16. The zero-order valence-corrected chi connectivity index (χ0v) is 10.5. The maximum atomic E-state index is 11.9. The molecule has 1 fully saturated rings. The Labute approximate surface area is 97.8 Å². The number of nitrogens with zero attached hydrogens (tertiary/aromatic N) is 1. The van der Waals surface area contributed by atoms with Gasteiger partial charge in [0.15, 0.2) is 0 Å². The molecule has 0 spiro atoms. The van der Waals surface area contributed by atoms with E-state index in [1.54, 1.807) is 11.8 Å². The molecule has 16 heavy (non-hydrogen) atoms. The van der Waals surface area contributed by atoms with Crippen molar-refractivity contribution in [1.82, 2.24) is 4.90 Å². The Morgan fingerprint density at radius 3 is 2.19 bits per heavy atom. The fourth-order valence-electron chi connectivity index (χ4n) is 2.20. The van der Waals surface area contributed by atoms with E-state index in [0.29, 0.717) is 11.8 Å². The van der Waals surface area contributed by atoms with Crippen molar-refractivity contribution in [3.05, 3.63) is 0 Å². The molecule has 0 aromatic rings. The van der Waals surface area contributed by atoms with Gasteiger partial charge < -0.3 is 15.7 Å². The Morgan fingerprint density at radius 2 is 1.81 bits per heavy atom. The Morgan fingerprint density at radius 1 is 1.31 bits per heavy atom. The molecule has 0 aromatic carbocycles. The number of hydrogen-bond donors (Lipinski definition) is 2. The standard InChI is InChI=1S/C12H24N2O2/c1-8(2)10-4-6-14(7-5-10)12(16)11(13)9(3)15/h8-11,15H,4-7,13H2,1-3H3/t9-,11?/m0/s1. The molecule has 0 radical (unpaired) electrons. The lowest BCUT2D eigenvalue weighted by Crippen LogP contribution is -2.51. The molecule has 2 atom stereocenters. The molecule has 0 aromatic heterocycles. The molecule has 1 unspecified atom stereocenters. The molecule has 4 heteroatoms. The predicted molar refractivity (Wildman–Crippen MR) is 63.8 cm³/mol. The molecule has 0 saturated carbocycles. The average molecular weight is 228 g/mol. The summed E-state index contributed by atoms with van der Waals surface area (Å²) < 4.78 is 0.